The van der Waals surface area contributed by atoms with Crippen LogP contribution < -0.4 is 0 Å². The van der Waals surface area contributed by atoms with E-state index in [-0.39, 0.29) is 18.1 Å². The second-order valence-corrected chi connectivity index (χ2v) is 5.19. The Labute approximate surface area is 84.5 Å². The second kappa shape index (κ2) is 4.14. The summed E-state index contributed by atoms with van der Waals surface area (Å²) in [7, 11) is 0. The Balaban J connectivity index is 2.55. The number of hydrogen-bond acceptors (Lipinski definition) is 4. The van der Waals surface area contributed by atoms with Gasteiger partial charge in [0.2, 0.25) is 0 Å². The largest absolute Gasteiger partial charge is 0.388 e. The number of rotatable bonds is 1. The molecule has 1 aliphatic rings. The SMILES string of the molecule is CC(C)(C)C[C@H]1OC[C@@H](O)[C@@H](O)[C@@H]1O. The molecular formula is C10H20O4. The van der Waals surface area contributed by atoms with E-state index >= 15 is 0 Å². The van der Waals surface area contributed by atoms with Gasteiger partial charge in [0.15, 0.2) is 0 Å². The normalized spacial score (nSPS) is 39.9. The summed E-state index contributed by atoms with van der Waals surface area (Å²) in [4.78, 5) is 0. The summed E-state index contributed by atoms with van der Waals surface area (Å²) in [5, 5.41) is 28.3. The van der Waals surface area contributed by atoms with Gasteiger partial charge < -0.3 is 20.1 Å². The number of aliphatic hydroxyl groups excluding tert-OH is 3. The van der Waals surface area contributed by atoms with Gasteiger partial charge in [-0.25, -0.2) is 0 Å². The lowest BCUT2D eigenvalue weighted by molar-refractivity contribution is -0.193. The maximum Gasteiger partial charge on any atom is 0.111 e. The van der Waals surface area contributed by atoms with Gasteiger partial charge in [-0.15, -0.1) is 0 Å². The molecule has 0 spiro atoms. The molecule has 1 saturated heterocycles. The molecule has 1 fully saturated rings. The van der Waals surface area contributed by atoms with Crippen LogP contribution in [0.5, 0.6) is 0 Å². The molecular weight excluding hydrogens is 184 g/mol. The molecule has 0 aromatic rings. The van der Waals surface area contributed by atoms with Crippen molar-refractivity contribution >= 4 is 0 Å². The zero-order valence-corrected chi connectivity index (χ0v) is 8.97. The molecule has 0 radical (unpaired) electrons. The fraction of sp³-hybridized carbons (Fsp3) is 1.00. The number of ether oxygens (including phenoxy) is 1. The lowest BCUT2D eigenvalue weighted by Gasteiger charge is -2.38. The van der Waals surface area contributed by atoms with E-state index in [2.05, 4.69) is 0 Å². The van der Waals surface area contributed by atoms with Gasteiger partial charge in [-0.1, -0.05) is 20.8 Å². The average Bonchev–Trinajstić information content (AvgIpc) is 2.04. The third-order valence-corrected chi connectivity index (χ3v) is 2.42. The molecule has 14 heavy (non-hydrogen) atoms. The van der Waals surface area contributed by atoms with Crippen molar-refractivity contribution in [2.75, 3.05) is 6.61 Å². The highest BCUT2D eigenvalue weighted by molar-refractivity contribution is 4.88. The van der Waals surface area contributed by atoms with Crippen LogP contribution in [-0.4, -0.2) is 46.3 Å². The minimum atomic E-state index is -1.09. The first-order valence-electron chi connectivity index (χ1n) is 4.97. The third kappa shape index (κ3) is 2.92. The van der Waals surface area contributed by atoms with E-state index < -0.39 is 18.3 Å². The molecule has 84 valence electrons. The minimum absolute atomic E-state index is 0.0354. The van der Waals surface area contributed by atoms with E-state index in [4.69, 9.17) is 4.74 Å². The molecule has 0 aliphatic carbocycles. The Morgan fingerprint density at radius 2 is 1.71 bits per heavy atom. The minimum Gasteiger partial charge on any atom is -0.388 e. The van der Waals surface area contributed by atoms with Crippen molar-refractivity contribution in [1.82, 2.24) is 0 Å². The summed E-state index contributed by atoms with van der Waals surface area (Å²) < 4.78 is 5.29. The van der Waals surface area contributed by atoms with Crippen molar-refractivity contribution in [1.29, 1.82) is 0 Å². The van der Waals surface area contributed by atoms with E-state index in [1.165, 1.54) is 0 Å². The molecule has 0 aromatic heterocycles. The molecule has 4 heteroatoms. The highest BCUT2D eigenvalue weighted by Gasteiger charge is 2.38. The van der Waals surface area contributed by atoms with Crippen LogP contribution in [0.1, 0.15) is 27.2 Å². The molecule has 0 aromatic carbocycles. The lowest BCUT2D eigenvalue weighted by atomic mass is 9.85. The molecule has 4 atom stereocenters. The fourth-order valence-electron chi connectivity index (χ4n) is 1.65. The summed E-state index contributed by atoms with van der Waals surface area (Å²) in [5.41, 5.74) is 0.0354. The van der Waals surface area contributed by atoms with Crippen molar-refractivity contribution in [2.45, 2.75) is 51.6 Å². The Hall–Kier alpha value is -0.160. The Morgan fingerprint density at radius 3 is 2.21 bits per heavy atom. The van der Waals surface area contributed by atoms with E-state index in [9.17, 15) is 15.3 Å². The first-order valence-corrected chi connectivity index (χ1v) is 4.97. The number of aliphatic hydroxyl groups is 3. The van der Waals surface area contributed by atoms with Crippen molar-refractivity contribution < 1.29 is 20.1 Å². The maximum absolute atomic E-state index is 9.64. The van der Waals surface area contributed by atoms with Crippen LogP contribution >= 0.6 is 0 Å². The predicted octanol–water partition coefficient (Wildman–Crippen LogP) is -0.0959. The molecule has 4 nitrogen and oxygen atoms in total. The molecule has 1 heterocycles. The summed E-state index contributed by atoms with van der Waals surface area (Å²) in [6, 6.07) is 0. The Kier molecular flexibility index (Phi) is 3.53. The average molecular weight is 204 g/mol. The quantitative estimate of drug-likeness (QED) is 0.558. The van der Waals surface area contributed by atoms with Gasteiger partial charge in [0.1, 0.15) is 18.3 Å². The summed E-state index contributed by atoms with van der Waals surface area (Å²) in [6.07, 6.45) is -2.76. The van der Waals surface area contributed by atoms with Gasteiger partial charge in [0.25, 0.3) is 0 Å². The van der Waals surface area contributed by atoms with E-state index in [1.54, 1.807) is 0 Å². The van der Waals surface area contributed by atoms with Crippen LogP contribution in [0.3, 0.4) is 0 Å². The van der Waals surface area contributed by atoms with Crippen molar-refractivity contribution in [3.05, 3.63) is 0 Å². The monoisotopic (exact) mass is 204 g/mol. The van der Waals surface area contributed by atoms with Crippen LogP contribution in [0.25, 0.3) is 0 Å². The molecule has 0 saturated carbocycles. The molecule has 1 aliphatic heterocycles. The fourth-order valence-corrected chi connectivity index (χ4v) is 1.65. The molecule has 0 unspecified atom stereocenters. The zero-order chi connectivity index (χ0) is 10.9. The van der Waals surface area contributed by atoms with E-state index in [0.717, 1.165) is 0 Å². The van der Waals surface area contributed by atoms with Gasteiger partial charge in [0.05, 0.1) is 12.7 Å². The van der Waals surface area contributed by atoms with Gasteiger partial charge in [-0.05, 0) is 11.8 Å². The van der Waals surface area contributed by atoms with Gasteiger partial charge in [-0.2, -0.15) is 0 Å². The second-order valence-electron chi connectivity index (χ2n) is 5.19. The summed E-state index contributed by atoms with van der Waals surface area (Å²) in [5.74, 6) is 0. The smallest absolute Gasteiger partial charge is 0.111 e. The first-order chi connectivity index (χ1) is 6.31. The standard InChI is InChI=1S/C10H20O4/c1-10(2,3)4-7-9(13)8(12)6(11)5-14-7/h6-9,11-13H,4-5H2,1-3H3/t6-,7-,8-,9-/m1/s1. The topological polar surface area (TPSA) is 69.9 Å². The maximum atomic E-state index is 9.64. The third-order valence-electron chi connectivity index (χ3n) is 2.42. The van der Waals surface area contributed by atoms with E-state index in [1.807, 2.05) is 20.8 Å². The van der Waals surface area contributed by atoms with Gasteiger partial charge >= 0.3 is 0 Å². The van der Waals surface area contributed by atoms with Crippen molar-refractivity contribution in [3.63, 3.8) is 0 Å². The van der Waals surface area contributed by atoms with Gasteiger partial charge in [0, 0.05) is 0 Å². The number of hydrogen-bond donors (Lipinski definition) is 3. The molecule has 0 bridgehead atoms. The predicted molar refractivity (Wildman–Crippen MR) is 51.8 cm³/mol. The van der Waals surface area contributed by atoms with Crippen LogP contribution in [-0.2, 0) is 4.74 Å². The van der Waals surface area contributed by atoms with Crippen LogP contribution in [0.15, 0.2) is 0 Å². The molecule has 1 rings (SSSR count). The Morgan fingerprint density at radius 1 is 1.14 bits per heavy atom. The zero-order valence-electron chi connectivity index (χ0n) is 8.97. The summed E-state index contributed by atoms with van der Waals surface area (Å²) >= 11 is 0. The summed E-state index contributed by atoms with van der Waals surface area (Å²) in [6.45, 7) is 6.22. The van der Waals surface area contributed by atoms with Crippen LogP contribution in [0.2, 0.25) is 0 Å². The molecule has 3 N–H and O–H groups in total. The highest BCUT2D eigenvalue weighted by Crippen LogP contribution is 2.27. The first kappa shape index (κ1) is 11.9. The van der Waals surface area contributed by atoms with Crippen LogP contribution in [0, 0.1) is 5.41 Å². The van der Waals surface area contributed by atoms with Crippen LogP contribution in [0.4, 0.5) is 0 Å². The highest BCUT2D eigenvalue weighted by atomic mass is 16.5. The molecule has 0 amide bonds. The Bertz CT molecular complexity index is 187. The van der Waals surface area contributed by atoms with Crippen molar-refractivity contribution in [3.8, 4) is 0 Å². The van der Waals surface area contributed by atoms with Gasteiger partial charge in [-0.3, -0.25) is 0 Å². The lowest BCUT2D eigenvalue weighted by Crippen LogP contribution is -2.53. The van der Waals surface area contributed by atoms with Crippen molar-refractivity contribution in [2.24, 2.45) is 5.41 Å². The van der Waals surface area contributed by atoms with E-state index in [0.29, 0.717) is 6.42 Å².